The van der Waals surface area contributed by atoms with Crippen LogP contribution in [0.5, 0.6) is 23.0 Å². The molecule has 40 heavy (non-hydrogen) atoms. The second-order valence-corrected chi connectivity index (χ2v) is 9.46. The molecule has 0 radical (unpaired) electrons. The molecular weight excluding hydrogens is 667 g/mol. The predicted molar refractivity (Wildman–Crippen MR) is 148 cm³/mol. The minimum Gasteiger partial charge on any atom is -0.490 e. The lowest BCUT2D eigenvalue weighted by atomic mass is 10.2. The molecule has 0 aliphatic rings. The zero-order valence-electron chi connectivity index (χ0n) is 20.6. The number of hydrogen-bond donors (Lipinski definition) is 1. The van der Waals surface area contributed by atoms with Gasteiger partial charge in [0.15, 0.2) is 17.2 Å². The zero-order chi connectivity index (χ0) is 29.4. The monoisotopic (exact) mass is 685 g/mol. The molecule has 0 heterocycles. The van der Waals surface area contributed by atoms with Gasteiger partial charge >= 0.3 is 11.9 Å². The van der Waals surface area contributed by atoms with Crippen LogP contribution in [0.2, 0.25) is 0 Å². The number of rotatable bonds is 11. The van der Waals surface area contributed by atoms with Crippen molar-refractivity contribution in [1.82, 2.24) is 5.43 Å². The normalized spacial score (nSPS) is 11.2. The van der Waals surface area contributed by atoms with Gasteiger partial charge in [-0.3, -0.25) is 14.9 Å². The molecule has 0 aromatic heterocycles. The Bertz CT molecular complexity index is 1440. The summed E-state index contributed by atoms with van der Waals surface area (Å²) in [5, 5.41) is 15.3. The first-order valence-corrected chi connectivity index (χ1v) is 12.9. The van der Waals surface area contributed by atoms with E-state index in [0.29, 0.717) is 44.7 Å². The first kappa shape index (κ1) is 30.6. The second kappa shape index (κ2) is 13.4. The summed E-state index contributed by atoms with van der Waals surface area (Å²) in [7, 11) is 0. The highest BCUT2D eigenvalue weighted by atomic mass is 79.9. The number of carbonyl (C=O) groups excluding carboxylic acids is 1. The topological polar surface area (TPSA) is 112 Å². The molecule has 0 atom stereocenters. The quantitative estimate of drug-likeness (QED) is 0.0960. The molecule has 1 amide bonds. The molecule has 0 aliphatic carbocycles. The number of benzene rings is 3. The molecule has 3 aromatic rings. The fourth-order valence-electron chi connectivity index (χ4n) is 3.20. The van der Waals surface area contributed by atoms with Gasteiger partial charge in [0.2, 0.25) is 5.75 Å². The van der Waals surface area contributed by atoms with Crippen LogP contribution in [0.4, 0.5) is 18.9 Å². The summed E-state index contributed by atoms with van der Waals surface area (Å²) >= 11 is 6.56. The van der Waals surface area contributed by atoms with E-state index in [1.54, 1.807) is 25.1 Å². The van der Waals surface area contributed by atoms with Gasteiger partial charge in [-0.1, -0.05) is 12.7 Å². The van der Waals surface area contributed by atoms with E-state index >= 15 is 0 Å². The largest absolute Gasteiger partial charge is 0.490 e. The summed E-state index contributed by atoms with van der Waals surface area (Å²) in [4.78, 5) is 23.0. The summed E-state index contributed by atoms with van der Waals surface area (Å²) in [6.45, 7) is 6.02. The van der Waals surface area contributed by atoms with E-state index in [-0.39, 0.29) is 23.7 Å². The third-order valence-electron chi connectivity index (χ3n) is 4.96. The molecular formula is C26H20Br2F3N3O6. The SMILES string of the molecule is C=CCOc1ccc(C(=O)N/N=C/c2cc(Br)c(Oc3ccc(C(F)(F)F)cc3[N+](=O)[O-])c(Br)c2)cc1OCC. The van der Waals surface area contributed by atoms with Gasteiger partial charge in [-0.25, -0.2) is 5.43 Å². The van der Waals surface area contributed by atoms with E-state index in [0.717, 1.165) is 6.07 Å². The third-order valence-corrected chi connectivity index (χ3v) is 6.14. The first-order chi connectivity index (χ1) is 18.9. The number of halogens is 5. The van der Waals surface area contributed by atoms with Crippen molar-refractivity contribution < 1.29 is 37.1 Å². The van der Waals surface area contributed by atoms with E-state index in [1.165, 1.54) is 24.4 Å². The maximum Gasteiger partial charge on any atom is 0.416 e. The number of nitro groups is 1. The molecule has 14 heteroatoms. The lowest BCUT2D eigenvalue weighted by molar-refractivity contribution is -0.385. The van der Waals surface area contributed by atoms with Crippen molar-refractivity contribution >= 4 is 49.7 Å². The summed E-state index contributed by atoms with van der Waals surface area (Å²) in [6, 6.07) is 9.70. The molecule has 1 N–H and O–H groups in total. The molecule has 0 saturated carbocycles. The fourth-order valence-corrected chi connectivity index (χ4v) is 4.58. The van der Waals surface area contributed by atoms with Gasteiger partial charge < -0.3 is 14.2 Å². The van der Waals surface area contributed by atoms with Crippen molar-refractivity contribution in [2.75, 3.05) is 13.2 Å². The molecule has 0 saturated heterocycles. The fraction of sp³-hybridized carbons (Fsp3) is 0.154. The van der Waals surface area contributed by atoms with Gasteiger partial charge in [0.05, 0.1) is 32.3 Å². The van der Waals surface area contributed by atoms with E-state index in [4.69, 9.17) is 14.2 Å². The molecule has 0 bridgehead atoms. The van der Waals surface area contributed by atoms with Gasteiger partial charge in [0.1, 0.15) is 6.61 Å². The van der Waals surface area contributed by atoms with Crippen molar-refractivity contribution in [3.05, 3.63) is 96.9 Å². The Morgan fingerprint density at radius 2 is 1.75 bits per heavy atom. The molecule has 3 aromatic carbocycles. The Kier molecular flexibility index (Phi) is 10.3. The van der Waals surface area contributed by atoms with Gasteiger partial charge in [-0.15, -0.1) is 0 Å². The number of nitrogens with zero attached hydrogens (tertiary/aromatic N) is 2. The van der Waals surface area contributed by atoms with Crippen molar-refractivity contribution in [2.45, 2.75) is 13.1 Å². The summed E-state index contributed by atoms with van der Waals surface area (Å²) < 4.78 is 56.2. The van der Waals surface area contributed by atoms with Gasteiger partial charge in [-0.05, 0) is 86.8 Å². The number of nitro benzene ring substituents is 1. The van der Waals surface area contributed by atoms with Crippen LogP contribution in [-0.2, 0) is 6.18 Å². The molecule has 0 unspecified atom stereocenters. The number of alkyl halides is 3. The maximum atomic E-state index is 13.0. The van der Waals surface area contributed by atoms with E-state index in [2.05, 4.69) is 49.0 Å². The maximum absolute atomic E-state index is 13.0. The van der Waals surface area contributed by atoms with Crippen molar-refractivity contribution in [3.8, 4) is 23.0 Å². The highest BCUT2D eigenvalue weighted by Gasteiger charge is 2.33. The number of ether oxygens (including phenoxy) is 3. The molecule has 0 spiro atoms. The Morgan fingerprint density at radius 3 is 2.35 bits per heavy atom. The summed E-state index contributed by atoms with van der Waals surface area (Å²) in [6.07, 6.45) is -1.84. The average Bonchev–Trinajstić information content (AvgIpc) is 2.89. The van der Waals surface area contributed by atoms with E-state index in [1.807, 2.05) is 0 Å². The van der Waals surface area contributed by atoms with Gasteiger partial charge in [0.25, 0.3) is 5.91 Å². The number of amides is 1. The lowest BCUT2D eigenvalue weighted by Crippen LogP contribution is -2.17. The van der Waals surface area contributed by atoms with Crippen LogP contribution in [0.1, 0.15) is 28.4 Å². The second-order valence-electron chi connectivity index (χ2n) is 7.75. The minimum atomic E-state index is -4.75. The number of hydrazone groups is 1. The van der Waals surface area contributed by atoms with Crippen molar-refractivity contribution in [2.24, 2.45) is 5.10 Å². The van der Waals surface area contributed by atoms with Crippen LogP contribution in [0, 0.1) is 10.1 Å². The minimum absolute atomic E-state index is 0.0752. The smallest absolute Gasteiger partial charge is 0.416 e. The van der Waals surface area contributed by atoms with Crippen LogP contribution in [0.3, 0.4) is 0 Å². The van der Waals surface area contributed by atoms with Crippen LogP contribution in [0.15, 0.2) is 75.2 Å². The molecule has 3 rings (SSSR count). The van der Waals surface area contributed by atoms with Gasteiger partial charge in [0, 0.05) is 11.6 Å². The lowest BCUT2D eigenvalue weighted by Gasteiger charge is -2.13. The van der Waals surface area contributed by atoms with Crippen LogP contribution < -0.4 is 19.6 Å². The third kappa shape index (κ3) is 7.82. The summed E-state index contributed by atoms with van der Waals surface area (Å²) in [5.74, 6) is 0.0185. The molecule has 210 valence electrons. The van der Waals surface area contributed by atoms with E-state index < -0.39 is 28.3 Å². The van der Waals surface area contributed by atoms with Crippen LogP contribution in [0.25, 0.3) is 0 Å². The van der Waals surface area contributed by atoms with Crippen LogP contribution >= 0.6 is 31.9 Å². The first-order valence-electron chi connectivity index (χ1n) is 11.3. The summed E-state index contributed by atoms with van der Waals surface area (Å²) in [5.41, 5.74) is 1.13. The van der Waals surface area contributed by atoms with Gasteiger partial charge in [-0.2, -0.15) is 18.3 Å². The Hall–Kier alpha value is -3.91. The number of hydrogen-bond acceptors (Lipinski definition) is 7. The highest BCUT2D eigenvalue weighted by molar-refractivity contribution is 9.11. The number of carbonyl (C=O) groups is 1. The predicted octanol–water partition coefficient (Wildman–Crippen LogP) is 7.66. The standard InChI is InChI=1S/C26H20Br2F3N3O6/c1-3-9-39-22-7-5-16(12-23(22)38-4-2)25(35)33-32-14-15-10-18(27)24(19(28)11-15)40-21-8-6-17(26(29,30)31)13-20(21)34(36)37/h3,5-8,10-14H,1,4,9H2,2H3,(H,33,35)/b32-14+. The Labute approximate surface area is 243 Å². The molecule has 0 aliphatic heterocycles. The highest BCUT2D eigenvalue weighted by Crippen LogP contribution is 2.42. The van der Waals surface area contributed by atoms with E-state index in [9.17, 15) is 28.1 Å². The average molecular weight is 687 g/mol. The molecule has 0 fully saturated rings. The van der Waals surface area contributed by atoms with Crippen LogP contribution in [-0.4, -0.2) is 30.3 Å². The number of nitrogens with one attached hydrogen (secondary N) is 1. The van der Waals surface area contributed by atoms with Crippen molar-refractivity contribution in [1.29, 1.82) is 0 Å². The zero-order valence-corrected chi connectivity index (χ0v) is 23.8. The van der Waals surface area contributed by atoms with Crippen molar-refractivity contribution in [3.63, 3.8) is 0 Å². The molecule has 9 nitrogen and oxygen atoms in total. The Morgan fingerprint density at radius 1 is 1.07 bits per heavy atom. The Balaban J connectivity index is 1.76.